The zero-order chi connectivity index (χ0) is 6.91. The molecule has 2 heteroatoms. The van der Waals surface area contributed by atoms with E-state index in [0.29, 0.717) is 11.5 Å². The predicted octanol–water partition coefficient (Wildman–Crippen LogP) is 2.04. The Kier molecular flexibility index (Phi) is 2.07. The molecule has 9 heavy (non-hydrogen) atoms. The summed E-state index contributed by atoms with van der Waals surface area (Å²) in [6, 6.07) is 0.693. The molecule has 1 aliphatic heterocycles. The molecule has 1 aliphatic rings. The second-order valence-corrected chi connectivity index (χ2v) is 4.49. The maximum atomic E-state index is 3.35. The molecule has 0 amide bonds. The molecule has 1 heterocycles. The van der Waals surface area contributed by atoms with Gasteiger partial charge in [-0.05, 0) is 18.8 Å². The Balaban J connectivity index is 2.41. The van der Waals surface area contributed by atoms with E-state index in [2.05, 4.69) is 25.5 Å². The molecule has 1 rings (SSSR count). The summed E-state index contributed by atoms with van der Waals surface area (Å²) in [6.45, 7) is 6.91. The number of hydrogen-bond acceptors (Lipinski definition) is 2. The Hall–Kier alpha value is 0.310. The van der Waals surface area contributed by atoms with E-state index in [1.165, 1.54) is 12.2 Å². The van der Waals surface area contributed by atoms with Crippen molar-refractivity contribution in [3.63, 3.8) is 0 Å². The summed E-state index contributed by atoms with van der Waals surface area (Å²) in [6.07, 6.45) is 1.31. The highest BCUT2D eigenvalue weighted by Gasteiger charge is 2.25. The van der Waals surface area contributed by atoms with Gasteiger partial charge in [-0.2, -0.15) is 0 Å². The van der Waals surface area contributed by atoms with Crippen LogP contribution in [0.5, 0.6) is 0 Å². The molecule has 0 bridgehead atoms. The van der Waals surface area contributed by atoms with Crippen LogP contribution in [-0.2, 0) is 0 Å². The molecule has 1 unspecified atom stereocenters. The molecule has 1 nitrogen and oxygen atoms in total. The van der Waals surface area contributed by atoms with Gasteiger partial charge in [-0.25, -0.2) is 0 Å². The molecular formula is C7H15NS. The molecule has 0 spiro atoms. The minimum atomic E-state index is 0.551. The summed E-state index contributed by atoms with van der Waals surface area (Å²) in [7, 11) is 0. The average Bonchev–Trinajstić information content (AvgIpc) is 1.60. The lowest BCUT2D eigenvalue weighted by Crippen LogP contribution is -2.35. The Morgan fingerprint density at radius 1 is 1.56 bits per heavy atom. The van der Waals surface area contributed by atoms with Crippen LogP contribution in [-0.4, -0.2) is 11.8 Å². The Labute approximate surface area is 61.7 Å². The molecule has 0 aliphatic carbocycles. The van der Waals surface area contributed by atoms with Crippen molar-refractivity contribution in [3.8, 4) is 0 Å². The van der Waals surface area contributed by atoms with Gasteiger partial charge in [-0.15, -0.1) is 0 Å². The second-order valence-electron chi connectivity index (χ2n) is 3.68. The minimum Gasteiger partial charge on any atom is -0.261 e. The molecule has 1 atom stereocenters. The van der Waals surface area contributed by atoms with Crippen LogP contribution in [0.1, 0.15) is 27.2 Å². The van der Waals surface area contributed by atoms with Crippen molar-refractivity contribution in [1.82, 2.24) is 4.72 Å². The van der Waals surface area contributed by atoms with Crippen molar-refractivity contribution in [2.45, 2.75) is 33.2 Å². The fraction of sp³-hybridized carbons (Fsp3) is 1.00. The molecule has 1 N–H and O–H groups in total. The van der Waals surface area contributed by atoms with Crippen LogP contribution in [0.25, 0.3) is 0 Å². The second kappa shape index (κ2) is 2.51. The van der Waals surface area contributed by atoms with Crippen LogP contribution in [0.2, 0.25) is 0 Å². The Morgan fingerprint density at radius 2 is 2.22 bits per heavy atom. The first kappa shape index (κ1) is 7.42. The van der Waals surface area contributed by atoms with Crippen LogP contribution in [0.3, 0.4) is 0 Å². The fourth-order valence-corrected chi connectivity index (χ4v) is 2.27. The van der Waals surface area contributed by atoms with Crippen LogP contribution in [0, 0.1) is 5.41 Å². The zero-order valence-electron chi connectivity index (χ0n) is 6.40. The van der Waals surface area contributed by atoms with E-state index in [1.807, 2.05) is 11.9 Å². The van der Waals surface area contributed by atoms with E-state index in [9.17, 15) is 0 Å². The first-order valence-corrected chi connectivity index (χ1v) is 4.46. The molecule has 1 fully saturated rings. The van der Waals surface area contributed by atoms with Crippen molar-refractivity contribution >= 4 is 11.9 Å². The van der Waals surface area contributed by atoms with Gasteiger partial charge in [0.15, 0.2) is 0 Å². The molecule has 0 saturated carbocycles. The SMILES string of the molecule is CC1CC(C)(C)CSN1. The average molecular weight is 145 g/mol. The highest BCUT2D eigenvalue weighted by molar-refractivity contribution is 7.97. The van der Waals surface area contributed by atoms with Gasteiger partial charge in [0, 0.05) is 11.8 Å². The third-order valence-electron chi connectivity index (χ3n) is 1.61. The van der Waals surface area contributed by atoms with Gasteiger partial charge in [-0.1, -0.05) is 25.8 Å². The molecule has 0 aromatic carbocycles. The smallest absolute Gasteiger partial charge is 0.0149 e. The van der Waals surface area contributed by atoms with Gasteiger partial charge >= 0.3 is 0 Å². The van der Waals surface area contributed by atoms with Gasteiger partial charge in [-0.3, -0.25) is 4.72 Å². The minimum absolute atomic E-state index is 0.551. The standard InChI is InChI=1S/C7H15NS/c1-6-4-7(2,3)5-9-8-6/h6,8H,4-5H2,1-3H3. The molecule has 0 radical (unpaired) electrons. The Bertz CT molecular complexity index is 101. The van der Waals surface area contributed by atoms with Gasteiger partial charge in [0.25, 0.3) is 0 Å². The maximum absolute atomic E-state index is 3.35. The quantitative estimate of drug-likeness (QED) is 0.523. The summed E-state index contributed by atoms with van der Waals surface area (Å²) in [4.78, 5) is 0. The molecule has 54 valence electrons. The van der Waals surface area contributed by atoms with E-state index in [0.717, 1.165) is 0 Å². The van der Waals surface area contributed by atoms with E-state index in [4.69, 9.17) is 0 Å². The highest BCUT2D eigenvalue weighted by Crippen LogP contribution is 2.30. The van der Waals surface area contributed by atoms with Crippen molar-refractivity contribution in [3.05, 3.63) is 0 Å². The zero-order valence-corrected chi connectivity index (χ0v) is 7.22. The van der Waals surface area contributed by atoms with E-state index in [-0.39, 0.29) is 0 Å². The third-order valence-corrected chi connectivity index (χ3v) is 3.10. The third kappa shape index (κ3) is 2.18. The van der Waals surface area contributed by atoms with E-state index < -0.39 is 0 Å². The van der Waals surface area contributed by atoms with Gasteiger partial charge < -0.3 is 0 Å². The number of rotatable bonds is 0. The largest absolute Gasteiger partial charge is 0.261 e. The first-order chi connectivity index (χ1) is 4.10. The van der Waals surface area contributed by atoms with E-state index in [1.54, 1.807) is 0 Å². The summed E-state index contributed by atoms with van der Waals surface area (Å²) < 4.78 is 3.35. The van der Waals surface area contributed by atoms with Crippen LogP contribution in [0.4, 0.5) is 0 Å². The molecule has 1 saturated heterocycles. The number of hydrogen-bond donors (Lipinski definition) is 1. The highest BCUT2D eigenvalue weighted by atomic mass is 32.2. The molecule has 0 aromatic rings. The Morgan fingerprint density at radius 3 is 2.56 bits per heavy atom. The van der Waals surface area contributed by atoms with Crippen LogP contribution < -0.4 is 4.72 Å². The predicted molar refractivity (Wildman–Crippen MR) is 43.5 cm³/mol. The summed E-state index contributed by atoms with van der Waals surface area (Å²) in [5.41, 5.74) is 0.551. The van der Waals surface area contributed by atoms with Gasteiger partial charge in [0.1, 0.15) is 0 Å². The maximum Gasteiger partial charge on any atom is 0.0149 e. The summed E-state index contributed by atoms with van der Waals surface area (Å²) in [5.74, 6) is 1.25. The van der Waals surface area contributed by atoms with Crippen LogP contribution >= 0.6 is 11.9 Å². The molecule has 0 aromatic heterocycles. The van der Waals surface area contributed by atoms with Crippen molar-refractivity contribution in [2.24, 2.45) is 5.41 Å². The van der Waals surface area contributed by atoms with Gasteiger partial charge in [0.2, 0.25) is 0 Å². The normalized spacial score (nSPS) is 34.3. The topological polar surface area (TPSA) is 12.0 Å². The summed E-state index contributed by atoms with van der Waals surface area (Å²) in [5, 5.41) is 0. The van der Waals surface area contributed by atoms with E-state index >= 15 is 0 Å². The lowest BCUT2D eigenvalue weighted by molar-refractivity contribution is 0.334. The summed E-state index contributed by atoms with van der Waals surface area (Å²) >= 11 is 1.86. The fourth-order valence-electron chi connectivity index (χ4n) is 1.31. The lowest BCUT2D eigenvalue weighted by atomic mass is 9.88. The molecular weight excluding hydrogens is 130 g/mol. The lowest BCUT2D eigenvalue weighted by Gasteiger charge is -2.33. The van der Waals surface area contributed by atoms with Crippen molar-refractivity contribution in [2.75, 3.05) is 5.75 Å². The van der Waals surface area contributed by atoms with Crippen LogP contribution in [0.15, 0.2) is 0 Å². The number of nitrogens with one attached hydrogen (secondary N) is 1. The van der Waals surface area contributed by atoms with Crippen molar-refractivity contribution < 1.29 is 0 Å². The van der Waals surface area contributed by atoms with Gasteiger partial charge in [0.05, 0.1) is 0 Å². The van der Waals surface area contributed by atoms with Crippen molar-refractivity contribution in [1.29, 1.82) is 0 Å². The first-order valence-electron chi connectivity index (χ1n) is 3.47. The monoisotopic (exact) mass is 145 g/mol.